The number of nitriles is 1. The molecule has 4 aromatic carbocycles. The summed E-state index contributed by atoms with van der Waals surface area (Å²) < 4.78 is 48.9. The van der Waals surface area contributed by atoms with Crippen molar-refractivity contribution < 1.29 is 32.3 Å². The van der Waals surface area contributed by atoms with Crippen molar-refractivity contribution in [3.8, 4) is 28.8 Å². The maximum Gasteiger partial charge on any atom is 0.417 e. The van der Waals surface area contributed by atoms with E-state index < -0.39 is 34.7 Å². The van der Waals surface area contributed by atoms with Crippen LogP contribution in [0.2, 0.25) is 0 Å². The van der Waals surface area contributed by atoms with Gasteiger partial charge in [-0.2, -0.15) is 18.4 Å². The van der Waals surface area contributed by atoms with Crippen LogP contribution in [0.4, 0.5) is 13.2 Å². The first-order chi connectivity index (χ1) is 22.9. The first kappa shape index (κ1) is 33.2. The Balaban J connectivity index is 1.37. The SMILES string of the molecule is Cc1ccc(Cn2c(-c3ccc(Oc4cccc(C(=O)ONNC(=O)c5ccccc5)c4)cc3)cc(C(F)(F)F)c(C#N)c2=O)c(C)c1. The summed E-state index contributed by atoms with van der Waals surface area (Å²) in [5.74, 6) is -0.797. The lowest BCUT2D eigenvalue weighted by Gasteiger charge is -2.19. The fourth-order valence-electron chi connectivity index (χ4n) is 4.92. The molecular weight excluding hydrogens is 625 g/mol. The molecule has 48 heavy (non-hydrogen) atoms. The van der Waals surface area contributed by atoms with E-state index in [0.29, 0.717) is 11.1 Å². The molecule has 0 aliphatic heterocycles. The zero-order chi connectivity index (χ0) is 34.4. The van der Waals surface area contributed by atoms with Gasteiger partial charge in [0.15, 0.2) is 0 Å². The number of amides is 1. The normalized spacial score (nSPS) is 11.0. The zero-order valence-electron chi connectivity index (χ0n) is 25.6. The third kappa shape index (κ3) is 7.60. The zero-order valence-corrected chi connectivity index (χ0v) is 25.6. The summed E-state index contributed by atoms with van der Waals surface area (Å²) in [6.45, 7) is 3.68. The first-order valence-corrected chi connectivity index (χ1v) is 14.5. The molecule has 0 saturated carbocycles. The van der Waals surface area contributed by atoms with Crippen LogP contribution in [0.25, 0.3) is 11.3 Å². The Hall–Kier alpha value is -6.19. The van der Waals surface area contributed by atoms with Gasteiger partial charge in [-0.15, -0.1) is 0 Å². The van der Waals surface area contributed by atoms with Gasteiger partial charge >= 0.3 is 12.1 Å². The highest BCUT2D eigenvalue weighted by Gasteiger charge is 2.36. The Morgan fingerprint density at radius 2 is 1.56 bits per heavy atom. The Morgan fingerprint density at radius 3 is 2.23 bits per heavy atom. The van der Waals surface area contributed by atoms with E-state index in [0.717, 1.165) is 21.8 Å². The fourth-order valence-corrected chi connectivity index (χ4v) is 4.92. The highest BCUT2D eigenvalue weighted by atomic mass is 19.4. The number of hydrogen-bond donors (Lipinski definition) is 2. The van der Waals surface area contributed by atoms with Crippen molar-refractivity contribution in [3.63, 3.8) is 0 Å². The molecule has 0 radical (unpaired) electrons. The predicted molar refractivity (Wildman–Crippen MR) is 170 cm³/mol. The molecule has 0 fully saturated rings. The molecule has 5 rings (SSSR count). The maximum absolute atomic E-state index is 14.0. The van der Waals surface area contributed by atoms with Crippen LogP contribution < -0.4 is 21.3 Å². The molecule has 5 aromatic rings. The second-order valence-corrected chi connectivity index (χ2v) is 10.7. The molecule has 0 unspecified atom stereocenters. The van der Waals surface area contributed by atoms with Crippen molar-refractivity contribution in [3.05, 3.63) is 152 Å². The molecule has 0 saturated heterocycles. The summed E-state index contributed by atoms with van der Waals surface area (Å²) in [4.78, 5) is 42.9. The summed E-state index contributed by atoms with van der Waals surface area (Å²) >= 11 is 0. The number of carbonyl (C=O) groups is 2. The summed E-state index contributed by atoms with van der Waals surface area (Å²) in [6.07, 6.45) is -4.93. The lowest BCUT2D eigenvalue weighted by atomic mass is 10.0. The van der Waals surface area contributed by atoms with Gasteiger partial charge < -0.3 is 14.1 Å². The minimum Gasteiger partial charge on any atom is -0.457 e. The maximum atomic E-state index is 14.0. The average molecular weight is 653 g/mol. The minimum atomic E-state index is -4.93. The Morgan fingerprint density at radius 1 is 0.854 bits per heavy atom. The van der Waals surface area contributed by atoms with Crippen LogP contribution >= 0.6 is 0 Å². The molecule has 9 nitrogen and oxygen atoms in total. The second kappa shape index (κ2) is 14.1. The van der Waals surface area contributed by atoms with E-state index in [1.54, 1.807) is 48.5 Å². The molecule has 0 atom stereocenters. The third-order valence-electron chi connectivity index (χ3n) is 7.34. The van der Waals surface area contributed by atoms with Gasteiger partial charge in [-0.1, -0.05) is 53.6 Å². The molecule has 2 N–H and O–H groups in total. The summed E-state index contributed by atoms with van der Waals surface area (Å²) in [7, 11) is 0. The van der Waals surface area contributed by atoms with Crippen LogP contribution in [0.5, 0.6) is 11.5 Å². The number of ether oxygens (including phenoxy) is 1. The van der Waals surface area contributed by atoms with E-state index in [-0.39, 0.29) is 34.9 Å². The van der Waals surface area contributed by atoms with Gasteiger partial charge in [0.05, 0.1) is 23.4 Å². The van der Waals surface area contributed by atoms with Crippen LogP contribution in [-0.4, -0.2) is 16.4 Å². The fraction of sp³-hybridized carbons (Fsp3) is 0.111. The molecule has 1 aromatic heterocycles. The number of alkyl halides is 3. The highest BCUT2D eigenvalue weighted by Crippen LogP contribution is 2.34. The Bertz CT molecular complexity index is 2090. The van der Waals surface area contributed by atoms with Gasteiger partial charge in [-0.3, -0.25) is 15.0 Å². The molecule has 0 aliphatic carbocycles. The lowest BCUT2D eigenvalue weighted by Crippen LogP contribution is -2.38. The number of rotatable bonds is 9. The number of carbonyl (C=O) groups excluding carboxylic acids is 2. The summed E-state index contributed by atoms with van der Waals surface area (Å²) in [6, 6.07) is 28.0. The molecule has 1 heterocycles. The number of nitrogens with zero attached hydrogens (tertiary/aromatic N) is 2. The molecule has 0 spiro atoms. The van der Waals surface area contributed by atoms with Crippen molar-refractivity contribution in [1.82, 2.24) is 15.6 Å². The first-order valence-electron chi connectivity index (χ1n) is 14.5. The van der Waals surface area contributed by atoms with E-state index >= 15 is 0 Å². The minimum absolute atomic E-state index is 0.0329. The van der Waals surface area contributed by atoms with E-state index in [1.165, 1.54) is 42.5 Å². The Kier molecular flexibility index (Phi) is 9.72. The van der Waals surface area contributed by atoms with Crippen molar-refractivity contribution in [2.24, 2.45) is 0 Å². The van der Waals surface area contributed by atoms with Gasteiger partial charge in [0.2, 0.25) is 0 Å². The van der Waals surface area contributed by atoms with Gasteiger partial charge in [0, 0.05) is 5.56 Å². The van der Waals surface area contributed by atoms with Gasteiger partial charge in [0.1, 0.15) is 23.1 Å². The number of aryl methyl sites for hydroxylation is 2. The van der Waals surface area contributed by atoms with Gasteiger partial charge in [-0.25, -0.2) is 4.79 Å². The number of halogens is 3. The number of pyridine rings is 1. The average Bonchev–Trinajstić information content (AvgIpc) is 3.07. The van der Waals surface area contributed by atoms with E-state index in [9.17, 15) is 32.8 Å². The third-order valence-corrected chi connectivity index (χ3v) is 7.34. The lowest BCUT2D eigenvalue weighted by molar-refractivity contribution is -0.137. The van der Waals surface area contributed by atoms with Gasteiger partial charge in [-0.05, 0) is 91.2 Å². The molecule has 242 valence electrons. The molecule has 0 aliphatic rings. The number of hydrogen-bond acceptors (Lipinski definition) is 7. The summed E-state index contributed by atoms with van der Waals surface area (Å²) in [5, 5.41) is 9.51. The van der Waals surface area contributed by atoms with Crippen molar-refractivity contribution in [2.75, 3.05) is 0 Å². The topological polar surface area (TPSA) is 122 Å². The molecular formula is C36H27F3N4O5. The Labute approximate surface area is 272 Å². The predicted octanol–water partition coefficient (Wildman–Crippen LogP) is 6.87. The second-order valence-electron chi connectivity index (χ2n) is 10.7. The largest absolute Gasteiger partial charge is 0.457 e. The van der Waals surface area contributed by atoms with E-state index in [4.69, 9.17) is 9.57 Å². The number of benzene rings is 4. The van der Waals surface area contributed by atoms with E-state index in [2.05, 4.69) is 11.0 Å². The molecule has 12 heteroatoms. The monoisotopic (exact) mass is 652 g/mol. The quantitative estimate of drug-likeness (QED) is 0.167. The van der Waals surface area contributed by atoms with Crippen LogP contribution in [0.3, 0.4) is 0 Å². The van der Waals surface area contributed by atoms with Crippen molar-refractivity contribution in [2.45, 2.75) is 26.6 Å². The standard InChI is InChI=1S/C36H27F3N4O5/c1-22-11-12-27(23(2)17-22)21-43-32(19-31(36(37,38)39)30(20-40)34(43)45)24-13-15-28(16-14-24)47-29-10-6-9-26(18-29)35(46)48-42-41-33(44)25-7-4-3-5-8-25/h3-19,42H,21H2,1-2H3,(H,41,44). The van der Waals surface area contributed by atoms with Crippen LogP contribution in [0, 0.1) is 25.2 Å². The molecule has 0 bridgehead atoms. The van der Waals surface area contributed by atoms with Gasteiger partial charge in [0.25, 0.3) is 11.5 Å². The number of aromatic nitrogens is 1. The van der Waals surface area contributed by atoms with E-state index in [1.807, 2.05) is 26.0 Å². The highest BCUT2D eigenvalue weighted by molar-refractivity contribution is 5.94. The number of hydrazine groups is 1. The van der Waals surface area contributed by atoms with Crippen LogP contribution in [-0.2, 0) is 17.6 Å². The van der Waals surface area contributed by atoms with Crippen molar-refractivity contribution >= 4 is 11.9 Å². The number of nitrogens with one attached hydrogen (secondary N) is 2. The van der Waals surface area contributed by atoms with Crippen molar-refractivity contribution in [1.29, 1.82) is 5.26 Å². The van der Waals surface area contributed by atoms with Crippen LogP contribution in [0.1, 0.15) is 48.5 Å². The molecule has 1 amide bonds. The summed E-state index contributed by atoms with van der Waals surface area (Å²) in [5.41, 5.74) is 4.24. The van der Waals surface area contributed by atoms with Crippen LogP contribution in [0.15, 0.2) is 108 Å². The smallest absolute Gasteiger partial charge is 0.417 e.